The Hall–Kier alpha value is -1.56. The molecule has 0 atom stereocenters. The van der Waals surface area contributed by atoms with Gasteiger partial charge in [-0.2, -0.15) is 13.2 Å². The van der Waals surface area contributed by atoms with Gasteiger partial charge in [-0.1, -0.05) is 38.1 Å². The summed E-state index contributed by atoms with van der Waals surface area (Å²) < 4.78 is 40.6. The van der Waals surface area contributed by atoms with Crippen molar-refractivity contribution in [3.05, 3.63) is 35.4 Å². The lowest BCUT2D eigenvalue weighted by Gasteiger charge is -2.23. The Morgan fingerprint density at radius 1 is 1.25 bits per heavy atom. The number of carbonyl (C=O) groups excluding carboxylic acids is 1. The minimum Gasteiger partial charge on any atom is -0.372 e. The molecule has 1 aliphatic rings. The molecule has 3 nitrogen and oxygen atoms in total. The number of halogens is 3. The van der Waals surface area contributed by atoms with E-state index in [1.165, 1.54) is 5.56 Å². The van der Waals surface area contributed by atoms with Crippen molar-refractivity contribution in [2.45, 2.75) is 57.8 Å². The average Bonchev–Trinajstić information content (AvgIpc) is 3.33. The van der Waals surface area contributed by atoms with E-state index in [1.807, 2.05) is 12.1 Å². The number of amides is 1. The zero-order valence-electron chi connectivity index (χ0n) is 14.1. The highest BCUT2D eigenvalue weighted by atomic mass is 19.4. The number of benzene rings is 1. The van der Waals surface area contributed by atoms with Crippen LogP contribution in [0, 0.1) is 0 Å². The first kappa shape index (κ1) is 18.8. The van der Waals surface area contributed by atoms with Crippen molar-refractivity contribution >= 4 is 5.91 Å². The summed E-state index contributed by atoms with van der Waals surface area (Å²) in [7, 11) is 0. The minimum absolute atomic E-state index is 0.0172. The zero-order chi connectivity index (χ0) is 17.7. The van der Waals surface area contributed by atoms with E-state index in [0.29, 0.717) is 12.5 Å². The average molecular weight is 343 g/mol. The third-order valence-electron chi connectivity index (χ3n) is 4.03. The largest absolute Gasteiger partial charge is 0.411 e. The lowest BCUT2D eigenvalue weighted by Crippen LogP contribution is -2.33. The van der Waals surface area contributed by atoms with Gasteiger partial charge in [0.05, 0.1) is 13.0 Å². The van der Waals surface area contributed by atoms with Crippen LogP contribution in [0.25, 0.3) is 0 Å². The molecule has 134 valence electrons. The molecular formula is C18H24F3NO2. The molecule has 0 saturated heterocycles. The van der Waals surface area contributed by atoms with E-state index in [-0.39, 0.29) is 25.0 Å². The van der Waals surface area contributed by atoms with Gasteiger partial charge < -0.3 is 9.64 Å². The molecule has 0 spiro atoms. The SMILES string of the molecule is CC(C)c1ccc(CN(C(=O)CCOCC(F)(F)F)C2CC2)cc1. The van der Waals surface area contributed by atoms with Gasteiger partial charge in [0.15, 0.2) is 0 Å². The molecule has 0 aromatic heterocycles. The smallest absolute Gasteiger partial charge is 0.372 e. The highest BCUT2D eigenvalue weighted by Gasteiger charge is 2.32. The molecule has 2 rings (SSSR count). The van der Waals surface area contributed by atoms with Crippen LogP contribution in [0.1, 0.15) is 50.2 Å². The van der Waals surface area contributed by atoms with Crippen LogP contribution in [0.2, 0.25) is 0 Å². The van der Waals surface area contributed by atoms with Gasteiger partial charge >= 0.3 is 6.18 Å². The molecule has 1 saturated carbocycles. The summed E-state index contributed by atoms with van der Waals surface area (Å²) in [5, 5.41) is 0. The standard InChI is InChI=1S/C18H24F3NO2/c1-13(2)15-5-3-14(4-6-15)11-22(16-7-8-16)17(23)9-10-24-12-18(19,20)21/h3-6,13,16H,7-12H2,1-2H3. The van der Waals surface area contributed by atoms with Crippen molar-refractivity contribution in [1.82, 2.24) is 4.90 Å². The van der Waals surface area contributed by atoms with Crippen LogP contribution < -0.4 is 0 Å². The van der Waals surface area contributed by atoms with Crippen LogP contribution >= 0.6 is 0 Å². The van der Waals surface area contributed by atoms with E-state index in [4.69, 9.17) is 0 Å². The van der Waals surface area contributed by atoms with Crippen LogP contribution in [0.5, 0.6) is 0 Å². The van der Waals surface area contributed by atoms with Crippen molar-refractivity contribution in [1.29, 1.82) is 0 Å². The second-order valence-electron chi connectivity index (χ2n) is 6.57. The zero-order valence-corrected chi connectivity index (χ0v) is 14.1. The number of carbonyl (C=O) groups is 1. The van der Waals surface area contributed by atoms with Crippen LogP contribution in [0.4, 0.5) is 13.2 Å². The maximum atomic E-state index is 12.3. The lowest BCUT2D eigenvalue weighted by molar-refractivity contribution is -0.175. The topological polar surface area (TPSA) is 29.5 Å². The summed E-state index contributed by atoms with van der Waals surface area (Å²) in [6, 6.07) is 8.35. The van der Waals surface area contributed by atoms with E-state index < -0.39 is 12.8 Å². The molecule has 0 radical (unpaired) electrons. The summed E-state index contributed by atoms with van der Waals surface area (Å²) in [4.78, 5) is 14.1. The van der Waals surface area contributed by atoms with E-state index in [1.54, 1.807) is 4.90 Å². The molecule has 1 aliphatic carbocycles. The summed E-state index contributed by atoms with van der Waals surface area (Å²) in [6.07, 6.45) is -2.45. The van der Waals surface area contributed by atoms with E-state index in [9.17, 15) is 18.0 Å². The number of ether oxygens (including phenoxy) is 1. The quantitative estimate of drug-likeness (QED) is 0.660. The summed E-state index contributed by atoms with van der Waals surface area (Å²) in [5.41, 5.74) is 2.28. The maximum Gasteiger partial charge on any atom is 0.411 e. The third-order valence-corrected chi connectivity index (χ3v) is 4.03. The second kappa shape index (κ2) is 8.01. The molecule has 0 unspecified atom stereocenters. The van der Waals surface area contributed by atoms with Crippen LogP contribution in [0.3, 0.4) is 0 Å². The number of rotatable bonds is 8. The molecule has 1 amide bonds. The summed E-state index contributed by atoms with van der Waals surface area (Å²) in [5.74, 6) is 0.304. The monoisotopic (exact) mass is 343 g/mol. The molecule has 0 N–H and O–H groups in total. The Balaban J connectivity index is 1.86. The van der Waals surface area contributed by atoms with Crippen LogP contribution in [-0.4, -0.2) is 36.2 Å². The molecule has 0 heterocycles. The predicted octanol–water partition coefficient (Wildman–Crippen LogP) is 4.27. The van der Waals surface area contributed by atoms with Gasteiger partial charge in [0.2, 0.25) is 5.91 Å². The fourth-order valence-corrected chi connectivity index (χ4v) is 2.50. The van der Waals surface area contributed by atoms with E-state index >= 15 is 0 Å². The highest BCUT2D eigenvalue weighted by molar-refractivity contribution is 5.77. The number of hydrogen-bond acceptors (Lipinski definition) is 2. The number of nitrogens with zero attached hydrogens (tertiary/aromatic N) is 1. The van der Waals surface area contributed by atoms with Crippen molar-refractivity contribution in [3.8, 4) is 0 Å². The van der Waals surface area contributed by atoms with Gasteiger partial charge in [0.25, 0.3) is 0 Å². The van der Waals surface area contributed by atoms with Crippen LogP contribution in [0.15, 0.2) is 24.3 Å². The molecule has 1 aromatic rings. The fraction of sp³-hybridized carbons (Fsp3) is 0.611. The predicted molar refractivity (Wildman–Crippen MR) is 85.6 cm³/mol. The molecule has 1 aromatic carbocycles. The first-order valence-corrected chi connectivity index (χ1v) is 8.29. The molecule has 24 heavy (non-hydrogen) atoms. The fourth-order valence-electron chi connectivity index (χ4n) is 2.50. The Morgan fingerprint density at radius 3 is 2.38 bits per heavy atom. The molecule has 6 heteroatoms. The third kappa shape index (κ3) is 6.15. The molecule has 0 bridgehead atoms. The van der Waals surface area contributed by atoms with E-state index in [2.05, 4.69) is 30.7 Å². The molecular weight excluding hydrogens is 319 g/mol. The lowest BCUT2D eigenvalue weighted by atomic mass is 10.0. The summed E-state index contributed by atoms with van der Waals surface area (Å²) in [6.45, 7) is 3.24. The maximum absolute atomic E-state index is 12.3. The Labute approximate surface area is 140 Å². The Kier molecular flexibility index (Phi) is 6.27. The van der Waals surface area contributed by atoms with Crippen molar-refractivity contribution in [3.63, 3.8) is 0 Å². The Bertz CT molecular complexity index is 536. The Morgan fingerprint density at radius 2 is 1.88 bits per heavy atom. The van der Waals surface area contributed by atoms with Gasteiger partial charge in [0, 0.05) is 12.6 Å². The molecule has 0 aliphatic heterocycles. The second-order valence-corrected chi connectivity index (χ2v) is 6.57. The molecule has 1 fully saturated rings. The van der Waals surface area contributed by atoms with Gasteiger partial charge in [-0.3, -0.25) is 4.79 Å². The van der Waals surface area contributed by atoms with Gasteiger partial charge in [-0.25, -0.2) is 0 Å². The van der Waals surface area contributed by atoms with Gasteiger partial charge in [-0.05, 0) is 29.9 Å². The normalized spacial score (nSPS) is 14.9. The number of alkyl halides is 3. The first-order valence-electron chi connectivity index (χ1n) is 8.29. The summed E-state index contributed by atoms with van der Waals surface area (Å²) >= 11 is 0. The van der Waals surface area contributed by atoms with Crippen molar-refractivity contribution in [2.75, 3.05) is 13.2 Å². The van der Waals surface area contributed by atoms with Crippen LogP contribution in [-0.2, 0) is 16.1 Å². The number of hydrogen-bond donors (Lipinski definition) is 0. The van der Waals surface area contributed by atoms with Gasteiger partial charge in [-0.15, -0.1) is 0 Å². The minimum atomic E-state index is -4.35. The van der Waals surface area contributed by atoms with Gasteiger partial charge in [0.1, 0.15) is 6.61 Å². The van der Waals surface area contributed by atoms with E-state index in [0.717, 1.165) is 18.4 Å². The first-order chi connectivity index (χ1) is 11.3. The van der Waals surface area contributed by atoms with Crippen molar-refractivity contribution in [2.24, 2.45) is 0 Å². The highest BCUT2D eigenvalue weighted by Crippen LogP contribution is 2.29. The van der Waals surface area contributed by atoms with Crippen molar-refractivity contribution < 1.29 is 22.7 Å².